The molecule has 0 spiro atoms. The summed E-state index contributed by atoms with van der Waals surface area (Å²) in [6.07, 6.45) is 0. The summed E-state index contributed by atoms with van der Waals surface area (Å²) < 4.78 is 11.1. The van der Waals surface area contributed by atoms with Gasteiger partial charge in [-0.25, -0.2) is 0 Å². The van der Waals surface area contributed by atoms with Crippen molar-refractivity contribution in [3.05, 3.63) is 47.4 Å². The van der Waals surface area contributed by atoms with E-state index in [0.29, 0.717) is 11.6 Å². The topological polar surface area (TPSA) is 65.2 Å². The predicted molar refractivity (Wildman–Crippen MR) is 78.3 cm³/mol. The number of anilines is 1. The van der Waals surface area contributed by atoms with Gasteiger partial charge in [0.25, 0.3) is 0 Å². The minimum absolute atomic E-state index is 0.392. The number of hydrogen-bond acceptors (Lipinski definition) is 4. The van der Waals surface area contributed by atoms with Crippen LogP contribution < -0.4 is 5.73 Å². The van der Waals surface area contributed by atoms with E-state index >= 15 is 0 Å². The van der Waals surface area contributed by atoms with Crippen molar-refractivity contribution in [3.63, 3.8) is 0 Å². The zero-order chi connectivity index (χ0) is 14.3. The molecular weight excluding hydrogens is 252 g/mol. The molecule has 20 heavy (non-hydrogen) atoms. The van der Waals surface area contributed by atoms with Crippen LogP contribution in [0.25, 0.3) is 22.5 Å². The van der Waals surface area contributed by atoms with Crippen molar-refractivity contribution in [1.29, 1.82) is 0 Å². The molecule has 0 radical (unpaired) electrons. The highest BCUT2D eigenvalue weighted by Gasteiger charge is 2.23. The summed E-state index contributed by atoms with van der Waals surface area (Å²) >= 11 is 0. The Kier molecular flexibility index (Phi) is 2.86. The fraction of sp³-hybridized carbons (Fsp3) is 0.188. The van der Waals surface area contributed by atoms with E-state index in [2.05, 4.69) is 5.16 Å². The second-order valence-electron chi connectivity index (χ2n) is 4.85. The van der Waals surface area contributed by atoms with Crippen molar-refractivity contribution in [1.82, 2.24) is 5.16 Å². The molecule has 3 aromatic rings. The highest BCUT2D eigenvalue weighted by atomic mass is 16.5. The Labute approximate surface area is 117 Å². The van der Waals surface area contributed by atoms with E-state index in [1.165, 1.54) is 0 Å². The minimum atomic E-state index is 0.392. The van der Waals surface area contributed by atoms with Gasteiger partial charge < -0.3 is 14.7 Å². The van der Waals surface area contributed by atoms with Gasteiger partial charge >= 0.3 is 0 Å². The number of nitrogen functional groups attached to an aromatic ring is 1. The molecule has 1 aromatic carbocycles. The molecule has 2 aromatic heterocycles. The van der Waals surface area contributed by atoms with Crippen LogP contribution in [0.15, 0.2) is 39.3 Å². The van der Waals surface area contributed by atoms with Crippen molar-refractivity contribution in [2.45, 2.75) is 20.8 Å². The normalized spacial score (nSPS) is 10.9. The zero-order valence-corrected chi connectivity index (χ0v) is 11.7. The maximum Gasteiger partial charge on any atom is 0.180 e. The molecule has 4 nitrogen and oxygen atoms in total. The molecule has 0 saturated heterocycles. The third-order valence-electron chi connectivity index (χ3n) is 3.57. The van der Waals surface area contributed by atoms with E-state index in [9.17, 15) is 0 Å². The third-order valence-corrected chi connectivity index (χ3v) is 3.57. The van der Waals surface area contributed by atoms with Gasteiger partial charge in [0.05, 0.1) is 11.1 Å². The number of furan rings is 1. The first-order chi connectivity index (χ1) is 9.59. The Morgan fingerprint density at radius 1 is 0.950 bits per heavy atom. The number of hydrogen-bond donors (Lipinski definition) is 1. The molecular formula is C16H16N2O2. The lowest BCUT2D eigenvalue weighted by Crippen LogP contribution is -1.89. The quantitative estimate of drug-likeness (QED) is 0.759. The monoisotopic (exact) mass is 268 g/mol. The Balaban J connectivity index is 2.27. The van der Waals surface area contributed by atoms with Gasteiger partial charge in [-0.3, -0.25) is 0 Å². The molecule has 0 aliphatic heterocycles. The number of rotatable bonds is 2. The molecule has 0 aliphatic carbocycles. The van der Waals surface area contributed by atoms with E-state index in [-0.39, 0.29) is 0 Å². The lowest BCUT2D eigenvalue weighted by Gasteiger charge is -2.02. The number of aromatic nitrogens is 1. The molecule has 0 aliphatic rings. The van der Waals surface area contributed by atoms with Crippen LogP contribution in [0.4, 0.5) is 5.82 Å². The van der Waals surface area contributed by atoms with Crippen LogP contribution in [0.1, 0.15) is 17.1 Å². The molecule has 102 valence electrons. The zero-order valence-electron chi connectivity index (χ0n) is 11.7. The van der Waals surface area contributed by atoms with E-state index in [0.717, 1.165) is 33.8 Å². The molecule has 0 bridgehead atoms. The summed E-state index contributed by atoms with van der Waals surface area (Å²) in [4.78, 5) is 0. The van der Waals surface area contributed by atoms with Crippen molar-refractivity contribution in [3.8, 4) is 22.5 Å². The number of benzene rings is 1. The molecule has 0 unspecified atom stereocenters. The van der Waals surface area contributed by atoms with Gasteiger partial charge in [-0.2, -0.15) is 0 Å². The lowest BCUT2D eigenvalue weighted by molar-refractivity contribution is 0.434. The fourth-order valence-electron chi connectivity index (χ4n) is 2.48. The first-order valence-electron chi connectivity index (χ1n) is 6.47. The van der Waals surface area contributed by atoms with E-state index in [1.54, 1.807) is 0 Å². The van der Waals surface area contributed by atoms with Gasteiger partial charge in [0, 0.05) is 5.56 Å². The highest BCUT2D eigenvalue weighted by molar-refractivity contribution is 5.88. The highest BCUT2D eigenvalue weighted by Crippen LogP contribution is 2.40. The standard InChI is InChI=1S/C16H16N2O2/c1-9-10(2)19-11(3)13(9)15-14(16(17)18-20-15)12-7-5-4-6-8-12/h4-8H,1-3H3,(H2,17,18). The molecule has 0 saturated carbocycles. The predicted octanol–water partition coefficient (Wildman–Crippen LogP) is 4.11. The number of nitrogens with two attached hydrogens (primary N) is 1. The Hall–Kier alpha value is -2.49. The van der Waals surface area contributed by atoms with Crippen molar-refractivity contribution in [2.75, 3.05) is 5.73 Å². The molecule has 2 heterocycles. The summed E-state index contributed by atoms with van der Waals surface area (Å²) in [5.41, 5.74) is 9.77. The van der Waals surface area contributed by atoms with Gasteiger partial charge in [-0.15, -0.1) is 0 Å². The SMILES string of the molecule is Cc1oc(C)c(-c2onc(N)c2-c2ccccc2)c1C. The third kappa shape index (κ3) is 1.81. The van der Waals surface area contributed by atoms with E-state index in [4.69, 9.17) is 14.7 Å². The van der Waals surface area contributed by atoms with Gasteiger partial charge in [0.1, 0.15) is 11.5 Å². The summed E-state index contributed by atoms with van der Waals surface area (Å²) in [5, 5.41) is 3.92. The molecule has 2 N–H and O–H groups in total. The molecule has 4 heteroatoms. The van der Waals surface area contributed by atoms with Crippen LogP contribution in [-0.4, -0.2) is 5.16 Å². The van der Waals surface area contributed by atoms with Gasteiger partial charge in [-0.05, 0) is 26.3 Å². The fourth-order valence-corrected chi connectivity index (χ4v) is 2.48. The van der Waals surface area contributed by atoms with Gasteiger partial charge in [0.15, 0.2) is 11.6 Å². The van der Waals surface area contributed by atoms with Crippen molar-refractivity contribution >= 4 is 5.82 Å². The molecule has 0 atom stereocenters. The number of nitrogens with zero attached hydrogens (tertiary/aromatic N) is 1. The Morgan fingerprint density at radius 2 is 1.65 bits per heavy atom. The second kappa shape index (κ2) is 4.56. The van der Waals surface area contributed by atoms with Gasteiger partial charge in [0.2, 0.25) is 0 Å². The minimum Gasteiger partial charge on any atom is -0.466 e. The Bertz CT molecular complexity index is 754. The van der Waals surface area contributed by atoms with Crippen LogP contribution in [0.2, 0.25) is 0 Å². The van der Waals surface area contributed by atoms with E-state index < -0.39 is 0 Å². The summed E-state index contributed by atoms with van der Waals surface area (Å²) in [7, 11) is 0. The second-order valence-corrected chi connectivity index (χ2v) is 4.85. The summed E-state index contributed by atoms with van der Waals surface area (Å²) in [5.74, 6) is 2.75. The number of aryl methyl sites for hydroxylation is 2. The first-order valence-corrected chi connectivity index (χ1v) is 6.47. The lowest BCUT2D eigenvalue weighted by atomic mass is 9.99. The first kappa shape index (κ1) is 12.5. The maximum atomic E-state index is 5.98. The van der Waals surface area contributed by atoms with Crippen molar-refractivity contribution < 1.29 is 8.94 Å². The summed E-state index contributed by atoms with van der Waals surface area (Å²) in [6, 6.07) is 9.87. The van der Waals surface area contributed by atoms with Crippen LogP contribution in [0.3, 0.4) is 0 Å². The largest absolute Gasteiger partial charge is 0.466 e. The average Bonchev–Trinajstić information content (AvgIpc) is 2.92. The Morgan fingerprint density at radius 3 is 2.25 bits per heavy atom. The molecule has 3 rings (SSSR count). The van der Waals surface area contributed by atoms with Crippen LogP contribution in [-0.2, 0) is 0 Å². The summed E-state index contributed by atoms with van der Waals surface area (Å²) in [6.45, 7) is 5.87. The smallest absolute Gasteiger partial charge is 0.180 e. The molecule has 0 amide bonds. The molecule has 0 fully saturated rings. The van der Waals surface area contributed by atoms with E-state index in [1.807, 2.05) is 51.1 Å². The van der Waals surface area contributed by atoms with Crippen molar-refractivity contribution in [2.24, 2.45) is 0 Å². The van der Waals surface area contributed by atoms with Gasteiger partial charge in [-0.1, -0.05) is 35.5 Å². The van der Waals surface area contributed by atoms with Crippen LogP contribution in [0.5, 0.6) is 0 Å². The maximum absolute atomic E-state index is 5.98. The average molecular weight is 268 g/mol. The van der Waals surface area contributed by atoms with Crippen LogP contribution in [0, 0.1) is 20.8 Å². The van der Waals surface area contributed by atoms with Crippen LogP contribution >= 0.6 is 0 Å².